The second-order valence-corrected chi connectivity index (χ2v) is 6.90. The third-order valence-corrected chi connectivity index (χ3v) is 3.71. The molecule has 0 spiro atoms. The fourth-order valence-electron chi connectivity index (χ4n) is 2.67. The van der Waals surface area contributed by atoms with Crippen molar-refractivity contribution in [2.24, 2.45) is 0 Å². The lowest BCUT2D eigenvalue weighted by Gasteiger charge is -2.44. The number of nitrogens with one attached hydrogen (secondary N) is 2. The average Bonchev–Trinajstić information content (AvgIpc) is 2.81. The first kappa shape index (κ1) is 17.8. The van der Waals surface area contributed by atoms with Gasteiger partial charge in [-0.05, 0) is 53.2 Å². The van der Waals surface area contributed by atoms with Gasteiger partial charge in [0.15, 0.2) is 0 Å². The van der Waals surface area contributed by atoms with Gasteiger partial charge in [-0.2, -0.15) is 0 Å². The first-order valence-electron chi connectivity index (χ1n) is 8.18. The van der Waals surface area contributed by atoms with Crippen LogP contribution in [-0.4, -0.2) is 36.5 Å². The van der Waals surface area contributed by atoms with E-state index in [4.69, 9.17) is 13.9 Å². The maximum absolute atomic E-state index is 11.9. The van der Waals surface area contributed by atoms with Crippen molar-refractivity contribution in [2.45, 2.75) is 71.4 Å². The summed E-state index contributed by atoms with van der Waals surface area (Å²) in [6, 6.07) is 3.94. The quantitative estimate of drug-likeness (QED) is 0.842. The van der Waals surface area contributed by atoms with Crippen molar-refractivity contribution in [2.75, 3.05) is 6.61 Å². The van der Waals surface area contributed by atoms with Gasteiger partial charge in [-0.3, -0.25) is 0 Å². The standard InChI is InChI=1S/C17H28N2O4/c1-6-21-14-9-13(19-16(20)23-17(3,4)5)15(14)18-10-12-8-7-11(2)22-12/h7-8,13-15,18H,6,9-10H2,1-5H3,(H,19,20). The van der Waals surface area contributed by atoms with Crippen LogP contribution >= 0.6 is 0 Å². The fraction of sp³-hybridized carbons (Fsp3) is 0.706. The second kappa shape index (κ2) is 7.36. The van der Waals surface area contributed by atoms with Gasteiger partial charge in [0.2, 0.25) is 0 Å². The molecule has 6 nitrogen and oxygen atoms in total. The number of carbonyl (C=O) groups excluding carboxylic acids is 1. The Morgan fingerprint density at radius 2 is 2.13 bits per heavy atom. The number of hydrogen-bond acceptors (Lipinski definition) is 5. The van der Waals surface area contributed by atoms with Crippen LogP contribution in [0.5, 0.6) is 0 Å². The van der Waals surface area contributed by atoms with Crippen LogP contribution in [0.3, 0.4) is 0 Å². The smallest absolute Gasteiger partial charge is 0.407 e. The summed E-state index contributed by atoms with van der Waals surface area (Å²) < 4.78 is 16.6. The molecule has 1 aliphatic carbocycles. The lowest BCUT2D eigenvalue weighted by atomic mass is 9.82. The Morgan fingerprint density at radius 1 is 1.39 bits per heavy atom. The van der Waals surface area contributed by atoms with E-state index in [0.717, 1.165) is 17.9 Å². The summed E-state index contributed by atoms with van der Waals surface area (Å²) in [5.74, 6) is 1.76. The van der Waals surface area contributed by atoms with Crippen molar-refractivity contribution in [1.29, 1.82) is 0 Å². The predicted molar refractivity (Wildman–Crippen MR) is 87.3 cm³/mol. The van der Waals surface area contributed by atoms with E-state index < -0.39 is 11.7 Å². The summed E-state index contributed by atoms with van der Waals surface area (Å²) in [4.78, 5) is 11.9. The summed E-state index contributed by atoms with van der Waals surface area (Å²) in [5.41, 5.74) is -0.498. The highest BCUT2D eigenvalue weighted by atomic mass is 16.6. The zero-order valence-electron chi connectivity index (χ0n) is 14.6. The molecule has 2 N–H and O–H groups in total. The Labute approximate surface area is 137 Å². The van der Waals surface area contributed by atoms with Gasteiger partial charge in [0.1, 0.15) is 17.1 Å². The molecule has 0 saturated heterocycles. The maximum Gasteiger partial charge on any atom is 0.407 e. The topological polar surface area (TPSA) is 72.7 Å². The molecule has 1 aliphatic rings. The van der Waals surface area contributed by atoms with Gasteiger partial charge in [0.05, 0.1) is 24.7 Å². The Morgan fingerprint density at radius 3 is 2.70 bits per heavy atom. The molecule has 1 heterocycles. The Balaban J connectivity index is 1.87. The molecule has 1 aromatic rings. The van der Waals surface area contributed by atoms with Crippen LogP contribution in [0.4, 0.5) is 4.79 Å². The Hall–Kier alpha value is -1.53. The van der Waals surface area contributed by atoms with E-state index in [0.29, 0.717) is 13.2 Å². The lowest BCUT2D eigenvalue weighted by molar-refractivity contribution is -0.0442. The van der Waals surface area contributed by atoms with Crippen LogP contribution < -0.4 is 10.6 Å². The monoisotopic (exact) mass is 324 g/mol. The van der Waals surface area contributed by atoms with Gasteiger partial charge < -0.3 is 24.5 Å². The normalized spacial score (nSPS) is 24.1. The molecular weight excluding hydrogens is 296 g/mol. The summed E-state index contributed by atoms with van der Waals surface area (Å²) in [6.07, 6.45) is 0.483. The van der Waals surface area contributed by atoms with E-state index in [1.165, 1.54) is 0 Å². The molecule has 3 atom stereocenters. The number of alkyl carbamates (subject to hydrolysis) is 1. The number of amides is 1. The first-order chi connectivity index (χ1) is 10.8. The van der Waals surface area contributed by atoms with Crippen molar-refractivity contribution in [3.8, 4) is 0 Å². The number of hydrogen-bond donors (Lipinski definition) is 2. The van der Waals surface area contributed by atoms with Crippen LogP contribution in [0.15, 0.2) is 16.5 Å². The van der Waals surface area contributed by atoms with E-state index >= 15 is 0 Å². The van der Waals surface area contributed by atoms with E-state index in [-0.39, 0.29) is 18.2 Å². The predicted octanol–water partition coefficient (Wildman–Crippen LogP) is 2.75. The van der Waals surface area contributed by atoms with Crippen molar-refractivity contribution >= 4 is 6.09 Å². The number of ether oxygens (including phenoxy) is 2. The summed E-state index contributed by atoms with van der Waals surface area (Å²) in [7, 11) is 0. The molecule has 23 heavy (non-hydrogen) atoms. The molecule has 2 rings (SSSR count). The van der Waals surface area contributed by atoms with Crippen LogP contribution in [0.25, 0.3) is 0 Å². The maximum atomic E-state index is 11.9. The largest absolute Gasteiger partial charge is 0.465 e. The van der Waals surface area contributed by atoms with Crippen molar-refractivity contribution in [1.82, 2.24) is 10.6 Å². The molecule has 3 unspecified atom stereocenters. The minimum atomic E-state index is -0.498. The summed E-state index contributed by atoms with van der Waals surface area (Å²) >= 11 is 0. The molecule has 1 saturated carbocycles. The lowest BCUT2D eigenvalue weighted by Crippen LogP contribution is -2.66. The van der Waals surface area contributed by atoms with Crippen molar-refractivity contribution < 1.29 is 18.7 Å². The Kier molecular flexibility index (Phi) is 5.70. The molecule has 0 radical (unpaired) electrons. The highest BCUT2D eigenvalue weighted by molar-refractivity contribution is 5.68. The highest BCUT2D eigenvalue weighted by Crippen LogP contribution is 2.25. The Bertz CT molecular complexity index is 521. The second-order valence-electron chi connectivity index (χ2n) is 6.90. The molecule has 0 aliphatic heterocycles. The number of rotatable bonds is 6. The molecule has 6 heteroatoms. The van der Waals surface area contributed by atoms with Crippen molar-refractivity contribution in [3.63, 3.8) is 0 Å². The van der Waals surface area contributed by atoms with Crippen LogP contribution in [0, 0.1) is 6.92 Å². The minimum Gasteiger partial charge on any atom is -0.465 e. The summed E-state index contributed by atoms with van der Waals surface area (Å²) in [5, 5.41) is 6.33. The number of carbonyl (C=O) groups is 1. The third kappa shape index (κ3) is 5.25. The molecule has 1 fully saturated rings. The molecule has 1 aromatic heterocycles. The SMILES string of the molecule is CCOC1CC(NC(=O)OC(C)(C)C)C1NCc1ccc(C)o1. The zero-order valence-corrected chi connectivity index (χ0v) is 14.6. The molecular formula is C17H28N2O4. The van der Waals surface area contributed by atoms with Gasteiger partial charge >= 0.3 is 6.09 Å². The minimum absolute atomic E-state index is 0.00235. The average molecular weight is 324 g/mol. The van der Waals surface area contributed by atoms with Crippen LogP contribution in [0.2, 0.25) is 0 Å². The van der Waals surface area contributed by atoms with Gasteiger partial charge in [0, 0.05) is 6.61 Å². The van der Waals surface area contributed by atoms with E-state index in [2.05, 4.69) is 10.6 Å². The molecule has 130 valence electrons. The van der Waals surface area contributed by atoms with Gasteiger partial charge in [0.25, 0.3) is 0 Å². The van der Waals surface area contributed by atoms with Crippen molar-refractivity contribution in [3.05, 3.63) is 23.7 Å². The third-order valence-electron chi connectivity index (χ3n) is 3.71. The van der Waals surface area contributed by atoms with Crippen LogP contribution in [-0.2, 0) is 16.0 Å². The summed E-state index contributed by atoms with van der Waals surface area (Å²) in [6.45, 7) is 10.7. The van der Waals surface area contributed by atoms with Gasteiger partial charge in [-0.1, -0.05) is 0 Å². The highest BCUT2D eigenvalue weighted by Gasteiger charge is 2.43. The van der Waals surface area contributed by atoms with Gasteiger partial charge in [-0.25, -0.2) is 4.79 Å². The van der Waals surface area contributed by atoms with Crippen LogP contribution in [0.1, 0.15) is 45.6 Å². The number of furan rings is 1. The fourth-order valence-corrected chi connectivity index (χ4v) is 2.67. The van der Waals surface area contributed by atoms with E-state index in [9.17, 15) is 4.79 Å². The van der Waals surface area contributed by atoms with E-state index in [1.54, 1.807) is 0 Å². The van der Waals surface area contributed by atoms with Gasteiger partial charge in [-0.15, -0.1) is 0 Å². The molecule has 0 bridgehead atoms. The molecule has 0 aromatic carbocycles. The zero-order chi connectivity index (χ0) is 17.0. The van der Waals surface area contributed by atoms with E-state index in [1.807, 2.05) is 46.8 Å². The number of aryl methyl sites for hydroxylation is 1. The molecule has 1 amide bonds. The first-order valence-corrected chi connectivity index (χ1v) is 8.18.